The SMILES string of the molecule is Cc1cc(C)nc(NC(=O)c2cc(F)c(F)cc2N)c1. The maximum absolute atomic E-state index is 13.2. The largest absolute Gasteiger partial charge is 0.398 e. The summed E-state index contributed by atoms with van der Waals surface area (Å²) in [5.41, 5.74) is 6.91. The van der Waals surface area contributed by atoms with Gasteiger partial charge in [0.05, 0.1) is 5.56 Å². The molecule has 4 nitrogen and oxygen atoms in total. The van der Waals surface area contributed by atoms with Crippen LogP contribution in [-0.4, -0.2) is 10.9 Å². The number of carbonyl (C=O) groups is 1. The molecule has 0 atom stereocenters. The number of benzene rings is 1. The Morgan fingerprint density at radius 1 is 1.15 bits per heavy atom. The Bertz CT molecular complexity index is 666. The first-order chi connectivity index (χ1) is 9.36. The lowest BCUT2D eigenvalue weighted by molar-refractivity contribution is 0.102. The van der Waals surface area contributed by atoms with Crippen LogP contribution in [0, 0.1) is 25.5 Å². The van der Waals surface area contributed by atoms with Gasteiger partial charge in [-0.05, 0) is 37.6 Å². The maximum Gasteiger partial charge on any atom is 0.259 e. The second-order valence-electron chi connectivity index (χ2n) is 4.48. The van der Waals surface area contributed by atoms with Crippen molar-refractivity contribution in [2.24, 2.45) is 0 Å². The maximum atomic E-state index is 13.2. The average molecular weight is 277 g/mol. The number of rotatable bonds is 2. The lowest BCUT2D eigenvalue weighted by Gasteiger charge is -2.09. The number of pyridine rings is 1. The van der Waals surface area contributed by atoms with Crippen LogP contribution in [0.4, 0.5) is 20.3 Å². The van der Waals surface area contributed by atoms with Crippen LogP contribution in [0.5, 0.6) is 0 Å². The molecule has 2 rings (SSSR count). The zero-order valence-corrected chi connectivity index (χ0v) is 11.0. The number of nitrogens with zero attached hydrogens (tertiary/aromatic N) is 1. The molecule has 104 valence electrons. The highest BCUT2D eigenvalue weighted by molar-refractivity contribution is 6.07. The summed E-state index contributed by atoms with van der Waals surface area (Å²) in [5.74, 6) is -2.53. The summed E-state index contributed by atoms with van der Waals surface area (Å²) in [7, 11) is 0. The number of anilines is 2. The lowest BCUT2D eigenvalue weighted by atomic mass is 10.1. The van der Waals surface area contributed by atoms with Gasteiger partial charge in [0.15, 0.2) is 11.6 Å². The quantitative estimate of drug-likeness (QED) is 0.829. The number of nitrogens with one attached hydrogen (secondary N) is 1. The topological polar surface area (TPSA) is 68.0 Å². The summed E-state index contributed by atoms with van der Waals surface area (Å²) >= 11 is 0. The van der Waals surface area contributed by atoms with E-state index >= 15 is 0 Å². The lowest BCUT2D eigenvalue weighted by Crippen LogP contribution is -2.16. The second kappa shape index (κ2) is 5.24. The van der Waals surface area contributed by atoms with E-state index in [0.29, 0.717) is 5.82 Å². The van der Waals surface area contributed by atoms with E-state index in [9.17, 15) is 13.6 Å². The number of aryl methyl sites for hydroxylation is 2. The molecule has 0 bridgehead atoms. The van der Waals surface area contributed by atoms with E-state index < -0.39 is 17.5 Å². The molecule has 0 saturated heterocycles. The van der Waals surface area contributed by atoms with Gasteiger partial charge in [-0.2, -0.15) is 0 Å². The van der Waals surface area contributed by atoms with E-state index in [1.807, 2.05) is 13.0 Å². The van der Waals surface area contributed by atoms with E-state index in [1.54, 1.807) is 13.0 Å². The summed E-state index contributed by atoms with van der Waals surface area (Å²) < 4.78 is 26.1. The number of hydrogen-bond donors (Lipinski definition) is 2. The fourth-order valence-electron chi connectivity index (χ4n) is 1.85. The van der Waals surface area contributed by atoms with Gasteiger partial charge in [-0.3, -0.25) is 4.79 Å². The molecule has 20 heavy (non-hydrogen) atoms. The Morgan fingerprint density at radius 3 is 2.45 bits per heavy atom. The predicted molar refractivity (Wildman–Crippen MR) is 72.4 cm³/mol. The normalized spacial score (nSPS) is 10.4. The number of amides is 1. The standard InChI is InChI=1S/C14H13F2N3O/c1-7-3-8(2)18-13(4-7)19-14(20)9-5-10(15)11(16)6-12(9)17/h3-6H,17H2,1-2H3,(H,18,19,20). The van der Waals surface area contributed by atoms with E-state index in [4.69, 9.17) is 5.73 Å². The molecule has 6 heteroatoms. The molecule has 0 spiro atoms. The number of carbonyl (C=O) groups excluding carboxylic acids is 1. The van der Waals surface area contributed by atoms with E-state index in [-0.39, 0.29) is 11.3 Å². The van der Waals surface area contributed by atoms with Crippen molar-refractivity contribution >= 4 is 17.4 Å². The Balaban J connectivity index is 2.30. The predicted octanol–water partition coefficient (Wildman–Crippen LogP) is 2.81. The molecule has 1 heterocycles. The number of nitrogen functional groups attached to an aromatic ring is 1. The van der Waals surface area contributed by atoms with E-state index in [2.05, 4.69) is 10.3 Å². The Hall–Kier alpha value is -2.50. The molecule has 0 saturated carbocycles. The first-order valence-electron chi connectivity index (χ1n) is 5.88. The van der Waals surface area contributed by atoms with Crippen molar-refractivity contribution in [1.29, 1.82) is 0 Å². The first-order valence-corrected chi connectivity index (χ1v) is 5.88. The summed E-state index contributed by atoms with van der Waals surface area (Å²) in [6, 6.07) is 5.06. The smallest absolute Gasteiger partial charge is 0.259 e. The highest BCUT2D eigenvalue weighted by atomic mass is 19.2. The van der Waals surface area contributed by atoms with Crippen LogP contribution in [0.15, 0.2) is 24.3 Å². The minimum atomic E-state index is -1.13. The fourth-order valence-corrected chi connectivity index (χ4v) is 1.85. The second-order valence-corrected chi connectivity index (χ2v) is 4.48. The van der Waals surface area contributed by atoms with Gasteiger partial charge in [0.1, 0.15) is 5.82 Å². The number of halogens is 2. The number of aromatic nitrogens is 1. The van der Waals surface area contributed by atoms with Gasteiger partial charge in [-0.25, -0.2) is 13.8 Å². The van der Waals surface area contributed by atoms with Gasteiger partial charge in [0, 0.05) is 17.4 Å². The summed E-state index contributed by atoms with van der Waals surface area (Å²) in [6.45, 7) is 3.64. The Kier molecular flexibility index (Phi) is 3.65. The monoisotopic (exact) mass is 277 g/mol. The highest BCUT2D eigenvalue weighted by Crippen LogP contribution is 2.18. The third kappa shape index (κ3) is 2.90. The van der Waals surface area contributed by atoms with Gasteiger partial charge < -0.3 is 11.1 Å². The molecular formula is C14H13F2N3O. The molecule has 0 aliphatic carbocycles. The van der Waals surface area contributed by atoms with Crippen LogP contribution < -0.4 is 11.1 Å². The molecule has 2 aromatic rings. The van der Waals surface area contributed by atoms with Crippen LogP contribution in [0.3, 0.4) is 0 Å². The van der Waals surface area contributed by atoms with Gasteiger partial charge >= 0.3 is 0 Å². The summed E-state index contributed by atoms with van der Waals surface area (Å²) in [5, 5.41) is 2.51. The van der Waals surface area contributed by atoms with Crippen molar-refractivity contribution in [3.8, 4) is 0 Å². The van der Waals surface area contributed by atoms with Crippen LogP contribution in [0.1, 0.15) is 21.6 Å². The molecule has 3 N–H and O–H groups in total. The zero-order chi connectivity index (χ0) is 14.9. The van der Waals surface area contributed by atoms with Crippen LogP contribution in [0.2, 0.25) is 0 Å². The highest BCUT2D eigenvalue weighted by Gasteiger charge is 2.15. The van der Waals surface area contributed by atoms with Crippen molar-refractivity contribution < 1.29 is 13.6 Å². The molecule has 0 aliphatic heterocycles. The van der Waals surface area contributed by atoms with Gasteiger partial charge in [0.2, 0.25) is 0 Å². The van der Waals surface area contributed by atoms with Crippen molar-refractivity contribution in [2.75, 3.05) is 11.1 Å². The first kappa shape index (κ1) is 13.9. The molecule has 1 amide bonds. The van der Waals surface area contributed by atoms with Crippen LogP contribution in [-0.2, 0) is 0 Å². The van der Waals surface area contributed by atoms with Crippen molar-refractivity contribution in [2.45, 2.75) is 13.8 Å². The minimum Gasteiger partial charge on any atom is -0.398 e. The Labute approximate surface area is 114 Å². The van der Waals surface area contributed by atoms with Gasteiger partial charge in [0.25, 0.3) is 5.91 Å². The van der Waals surface area contributed by atoms with Crippen molar-refractivity contribution in [3.63, 3.8) is 0 Å². The van der Waals surface area contributed by atoms with Crippen LogP contribution >= 0.6 is 0 Å². The number of hydrogen-bond acceptors (Lipinski definition) is 3. The third-order valence-electron chi connectivity index (χ3n) is 2.68. The molecule has 1 aromatic carbocycles. The Morgan fingerprint density at radius 2 is 1.80 bits per heavy atom. The zero-order valence-electron chi connectivity index (χ0n) is 11.0. The molecule has 0 unspecified atom stereocenters. The van der Waals surface area contributed by atoms with E-state index in [0.717, 1.165) is 23.4 Å². The van der Waals surface area contributed by atoms with Gasteiger partial charge in [-0.15, -0.1) is 0 Å². The van der Waals surface area contributed by atoms with Gasteiger partial charge in [-0.1, -0.05) is 0 Å². The molecule has 0 radical (unpaired) electrons. The van der Waals surface area contributed by atoms with Crippen LogP contribution in [0.25, 0.3) is 0 Å². The van der Waals surface area contributed by atoms with Crippen molar-refractivity contribution in [1.82, 2.24) is 4.98 Å². The molecular weight excluding hydrogens is 264 g/mol. The van der Waals surface area contributed by atoms with E-state index in [1.165, 1.54) is 0 Å². The number of nitrogens with two attached hydrogens (primary N) is 1. The fraction of sp³-hybridized carbons (Fsp3) is 0.143. The summed E-state index contributed by atoms with van der Waals surface area (Å²) in [4.78, 5) is 16.1. The molecule has 0 fully saturated rings. The molecule has 0 aliphatic rings. The molecule has 1 aromatic heterocycles. The summed E-state index contributed by atoms with van der Waals surface area (Å²) in [6.07, 6.45) is 0. The third-order valence-corrected chi connectivity index (χ3v) is 2.68. The minimum absolute atomic E-state index is 0.134. The average Bonchev–Trinajstić information content (AvgIpc) is 2.32. The van der Waals surface area contributed by atoms with Crippen molar-refractivity contribution in [3.05, 3.63) is 52.7 Å².